The molecule has 1 fully saturated rings. The number of hydrogen-bond donors (Lipinski definition) is 0. The third-order valence-electron chi connectivity index (χ3n) is 3.58. The Bertz CT molecular complexity index is 596. The molecule has 112 valence electrons. The summed E-state index contributed by atoms with van der Waals surface area (Å²) in [6.45, 7) is 2.40. The van der Waals surface area contributed by atoms with Crippen LogP contribution in [0.2, 0.25) is 0 Å². The van der Waals surface area contributed by atoms with Gasteiger partial charge in [0.25, 0.3) is 0 Å². The van der Waals surface area contributed by atoms with Gasteiger partial charge in [-0.05, 0) is 19.5 Å². The highest BCUT2D eigenvalue weighted by Crippen LogP contribution is 2.22. The number of halogens is 1. The lowest BCUT2D eigenvalue weighted by Crippen LogP contribution is -2.18. The summed E-state index contributed by atoms with van der Waals surface area (Å²) in [5, 5.41) is 4.01. The lowest BCUT2D eigenvalue weighted by atomic mass is 10.1. The maximum absolute atomic E-state index is 13.6. The molecule has 2 aromatic rings. The summed E-state index contributed by atoms with van der Waals surface area (Å²) < 4.78 is 24.2. The fraction of sp³-hybridized carbons (Fsp3) is 0.467. The van der Waals surface area contributed by atoms with E-state index in [2.05, 4.69) is 10.1 Å². The van der Waals surface area contributed by atoms with Crippen LogP contribution in [0.4, 0.5) is 4.39 Å². The van der Waals surface area contributed by atoms with Crippen molar-refractivity contribution in [2.24, 2.45) is 0 Å². The first kappa shape index (κ1) is 14.2. The van der Waals surface area contributed by atoms with Gasteiger partial charge in [0, 0.05) is 24.6 Å². The van der Waals surface area contributed by atoms with Crippen LogP contribution in [0.25, 0.3) is 0 Å². The fourth-order valence-electron chi connectivity index (χ4n) is 2.44. The van der Waals surface area contributed by atoms with Gasteiger partial charge in [0.2, 0.25) is 5.89 Å². The van der Waals surface area contributed by atoms with E-state index in [1.165, 1.54) is 6.07 Å². The van der Waals surface area contributed by atoms with Crippen LogP contribution in [0.1, 0.15) is 29.6 Å². The first-order valence-corrected chi connectivity index (χ1v) is 7.04. The van der Waals surface area contributed by atoms with E-state index in [4.69, 9.17) is 9.26 Å². The highest BCUT2D eigenvalue weighted by atomic mass is 19.1. The minimum absolute atomic E-state index is 0.196. The summed E-state index contributed by atoms with van der Waals surface area (Å²) in [7, 11) is 1.90. The molecule has 1 aromatic carbocycles. The average molecular weight is 291 g/mol. The predicted molar refractivity (Wildman–Crippen MR) is 74.0 cm³/mol. The first-order valence-electron chi connectivity index (χ1n) is 7.04. The summed E-state index contributed by atoms with van der Waals surface area (Å²) >= 11 is 0. The Morgan fingerprint density at radius 1 is 1.33 bits per heavy atom. The van der Waals surface area contributed by atoms with E-state index in [0.717, 1.165) is 13.0 Å². The minimum Gasteiger partial charge on any atom is -0.381 e. The zero-order valence-electron chi connectivity index (χ0n) is 12.0. The zero-order chi connectivity index (χ0) is 14.7. The van der Waals surface area contributed by atoms with Crippen molar-refractivity contribution in [2.75, 3.05) is 20.3 Å². The third kappa shape index (κ3) is 3.46. The first-order chi connectivity index (χ1) is 10.2. The molecule has 1 aromatic heterocycles. The summed E-state index contributed by atoms with van der Waals surface area (Å²) in [5.41, 5.74) is 0.656. The monoisotopic (exact) mass is 291 g/mol. The number of nitrogens with zero attached hydrogens (tertiary/aromatic N) is 3. The molecule has 2 heterocycles. The maximum atomic E-state index is 13.6. The lowest BCUT2D eigenvalue weighted by molar-refractivity contribution is 0.192. The number of ether oxygens (including phenoxy) is 1. The number of hydrogen-bond acceptors (Lipinski definition) is 5. The topological polar surface area (TPSA) is 51.4 Å². The van der Waals surface area contributed by atoms with Crippen LogP contribution in [-0.2, 0) is 17.8 Å². The van der Waals surface area contributed by atoms with Crippen molar-refractivity contribution in [1.29, 1.82) is 0 Å². The van der Waals surface area contributed by atoms with E-state index in [1.54, 1.807) is 12.1 Å². The van der Waals surface area contributed by atoms with Gasteiger partial charge in [0.15, 0.2) is 5.82 Å². The van der Waals surface area contributed by atoms with Crippen molar-refractivity contribution < 1.29 is 13.7 Å². The van der Waals surface area contributed by atoms with Crippen LogP contribution >= 0.6 is 0 Å². The Morgan fingerprint density at radius 3 is 2.95 bits per heavy atom. The number of rotatable bonds is 5. The maximum Gasteiger partial charge on any atom is 0.240 e. The van der Waals surface area contributed by atoms with Crippen molar-refractivity contribution in [1.82, 2.24) is 15.0 Å². The summed E-state index contributed by atoms with van der Waals surface area (Å²) in [5.74, 6) is 1.30. The van der Waals surface area contributed by atoms with Crippen molar-refractivity contribution >= 4 is 0 Å². The van der Waals surface area contributed by atoms with Crippen LogP contribution in [0.15, 0.2) is 28.8 Å². The van der Waals surface area contributed by atoms with Gasteiger partial charge in [-0.3, -0.25) is 4.90 Å². The van der Waals surface area contributed by atoms with Gasteiger partial charge in [-0.15, -0.1) is 0 Å². The highest BCUT2D eigenvalue weighted by Gasteiger charge is 2.23. The molecule has 21 heavy (non-hydrogen) atoms. The molecule has 0 saturated carbocycles. The Morgan fingerprint density at radius 2 is 2.19 bits per heavy atom. The van der Waals surface area contributed by atoms with Gasteiger partial charge >= 0.3 is 0 Å². The molecule has 5 nitrogen and oxygen atoms in total. The van der Waals surface area contributed by atoms with Crippen molar-refractivity contribution in [2.45, 2.75) is 25.4 Å². The zero-order valence-corrected chi connectivity index (χ0v) is 12.0. The second kappa shape index (κ2) is 6.32. The molecule has 0 unspecified atom stereocenters. The van der Waals surface area contributed by atoms with Gasteiger partial charge in [-0.1, -0.05) is 23.4 Å². The Hall–Kier alpha value is -1.79. The molecule has 1 aliphatic heterocycles. The number of benzene rings is 1. The molecule has 0 bridgehead atoms. The molecule has 1 atom stereocenters. The third-order valence-corrected chi connectivity index (χ3v) is 3.58. The van der Waals surface area contributed by atoms with Crippen LogP contribution in [0.3, 0.4) is 0 Å². The quantitative estimate of drug-likeness (QED) is 0.846. The molecule has 0 aliphatic carbocycles. The molecule has 0 spiro atoms. The average Bonchev–Trinajstić information content (AvgIpc) is 3.12. The molecule has 0 amide bonds. The predicted octanol–water partition coefficient (Wildman–Crippen LogP) is 2.34. The van der Waals surface area contributed by atoms with Gasteiger partial charge in [-0.25, -0.2) is 4.39 Å². The van der Waals surface area contributed by atoms with Crippen LogP contribution < -0.4 is 0 Å². The summed E-state index contributed by atoms with van der Waals surface area (Å²) in [4.78, 5) is 6.35. The molecule has 0 N–H and O–H groups in total. The molecule has 3 rings (SSSR count). The minimum atomic E-state index is -0.196. The molecular weight excluding hydrogens is 273 g/mol. The second-order valence-electron chi connectivity index (χ2n) is 5.37. The van der Waals surface area contributed by atoms with Gasteiger partial charge in [-0.2, -0.15) is 4.98 Å². The Kier molecular flexibility index (Phi) is 4.26. The van der Waals surface area contributed by atoms with Crippen LogP contribution in [0, 0.1) is 5.82 Å². The highest BCUT2D eigenvalue weighted by molar-refractivity contribution is 5.17. The molecule has 0 radical (unpaired) electrons. The SMILES string of the molecule is CN(Cc1nc([C@H]2CCOC2)no1)Cc1ccccc1F. The van der Waals surface area contributed by atoms with Gasteiger partial charge < -0.3 is 9.26 Å². The van der Waals surface area contributed by atoms with E-state index in [-0.39, 0.29) is 11.7 Å². The lowest BCUT2D eigenvalue weighted by Gasteiger charge is -2.14. The Labute approximate surface area is 122 Å². The van der Waals surface area contributed by atoms with Crippen molar-refractivity contribution in [3.05, 3.63) is 47.4 Å². The summed E-state index contributed by atoms with van der Waals surface area (Å²) in [6, 6.07) is 6.76. The van der Waals surface area contributed by atoms with Crippen LogP contribution in [-0.4, -0.2) is 35.3 Å². The van der Waals surface area contributed by atoms with E-state index in [9.17, 15) is 4.39 Å². The molecule has 1 saturated heterocycles. The van der Waals surface area contributed by atoms with E-state index in [1.807, 2.05) is 18.0 Å². The van der Waals surface area contributed by atoms with Gasteiger partial charge in [0.05, 0.1) is 13.2 Å². The standard InChI is InChI=1S/C15H18FN3O2/c1-19(8-11-4-2-3-5-13(11)16)9-14-17-15(18-21-14)12-6-7-20-10-12/h2-5,12H,6-10H2,1H3/t12-/m0/s1. The molecular formula is C15H18FN3O2. The normalized spacial score (nSPS) is 18.5. The van der Waals surface area contributed by atoms with Crippen LogP contribution in [0.5, 0.6) is 0 Å². The fourth-order valence-corrected chi connectivity index (χ4v) is 2.44. The smallest absolute Gasteiger partial charge is 0.240 e. The Balaban J connectivity index is 1.60. The van der Waals surface area contributed by atoms with Crippen molar-refractivity contribution in [3.8, 4) is 0 Å². The second-order valence-corrected chi connectivity index (χ2v) is 5.37. The largest absolute Gasteiger partial charge is 0.381 e. The van der Waals surface area contributed by atoms with E-state index >= 15 is 0 Å². The van der Waals surface area contributed by atoms with E-state index < -0.39 is 0 Å². The van der Waals surface area contributed by atoms with Gasteiger partial charge in [0.1, 0.15) is 5.82 Å². The van der Waals surface area contributed by atoms with E-state index in [0.29, 0.717) is 37.0 Å². The van der Waals surface area contributed by atoms with Crippen molar-refractivity contribution in [3.63, 3.8) is 0 Å². The molecule has 1 aliphatic rings. The summed E-state index contributed by atoms with van der Waals surface area (Å²) in [6.07, 6.45) is 0.935. The number of aromatic nitrogens is 2. The molecule has 6 heteroatoms.